The molecular formula is C15H22N2OS. The van der Waals surface area contributed by atoms with Gasteiger partial charge in [-0.1, -0.05) is 6.07 Å². The first-order valence-electron chi connectivity index (χ1n) is 6.79. The van der Waals surface area contributed by atoms with Crippen LogP contribution in [0.2, 0.25) is 0 Å². The van der Waals surface area contributed by atoms with E-state index in [1.807, 2.05) is 29.2 Å². The molecule has 1 amide bonds. The summed E-state index contributed by atoms with van der Waals surface area (Å²) in [5, 5.41) is 0. The highest BCUT2D eigenvalue weighted by Gasteiger charge is 2.23. The second kappa shape index (κ2) is 6.44. The lowest BCUT2D eigenvalue weighted by molar-refractivity contribution is 0.0678. The third kappa shape index (κ3) is 3.98. The predicted molar refractivity (Wildman–Crippen MR) is 80.9 cm³/mol. The van der Waals surface area contributed by atoms with Crippen molar-refractivity contribution in [2.24, 2.45) is 5.92 Å². The van der Waals surface area contributed by atoms with Crippen LogP contribution >= 0.6 is 12.6 Å². The number of hydrogen-bond donors (Lipinski definition) is 1. The van der Waals surface area contributed by atoms with Crippen molar-refractivity contribution in [1.29, 1.82) is 0 Å². The van der Waals surface area contributed by atoms with E-state index >= 15 is 0 Å². The Morgan fingerprint density at radius 3 is 2.63 bits per heavy atom. The van der Waals surface area contributed by atoms with Gasteiger partial charge in [-0.3, -0.25) is 4.79 Å². The molecule has 3 nitrogen and oxygen atoms in total. The summed E-state index contributed by atoms with van der Waals surface area (Å²) in [4.78, 5) is 17.4. The van der Waals surface area contributed by atoms with Crippen LogP contribution in [0.1, 0.15) is 23.2 Å². The Labute approximate surface area is 121 Å². The van der Waals surface area contributed by atoms with E-state index in [-0.39, 0.29) is 5.91 Å². The van der Waals surface area contributed by atoms with Gasteiger partial charge in [-0.2, -0.15) is 0 Å². The van der Waals surface area contributed by atoms with Gasteiger partial charge in [-0.15, -0.1) is 12.6 Å². The van der Waals surface area contributed by atoms with Gasteiger partial charge in [-0.05, 0) is 51.1 Å². The van der Waals surface area contributed by atoms with E-state index < -0.39 is 0 Å². The molecule has 1 fully saturated rings. The first-order chi connectivity index (χ1) is 9.06. The minimum Gasteiger partial charge on any atom is -0.339 e. The van der Waals surface area contributed by atoms with Crippen LogP contribution in [0.4, 0.5) is 0 Å². The smallest absolute Gasteiger partial charge is 0.253 e. The lowest BCUT2D eigenvalue weighted by Gasteiger charge is -2.33. The maximum absolute atomic E-state index is 12.4. The van der Waals surface area contributed by atoms with Crippen molar-refractivity contribution >= 4 is 18.5 Å². The molecule has 0 aromatic heterocycles. The van der Waals surface area contributed by atoms with Crippen molar-refractivity contribution in [1.82, 2.24) is 9.80 Å². The second-order valence-corrected chi connectivity index (χ2v) is 6.06. The summed E-state index contributed by atoms with van der Waals surface area (Å²) in [6.45, 7) is 2.86. The van der Waals surface area contributed by atoms with Gasteiger partial charge in [0.15, 0.2) is 0 Å². The fraction of sp³-hybridized carbons (Fsp3) is 0.533. The predicted octanol–water partition coefficient (Wildman–Crippen LogP) is 2.39. The van der Waals surface area contributed by atoms with Gasteiger partial charge in [0.05, 0.1) is 0 Å². The number of benzene rings is 1. The van der Waals surface area contributed by atoms with Crippen molar-refractivity contribution in [3.8, 4) is 0 Å². The Balaban J connectivity index is 1.92. The molecule has 2 rings (SSSR count). The van der Waals surface area contributed by atoms with Crippen LogP contribution in [0.25, 0.3) is 0 Å². The van der Waals surface area contributed by atoms with Crippen LogP contribution in [0.3, 0.4) is 0 Å². The highest BCUT2D eigenvalue weighted by molar-refractivity contribution is 7.80. The summed E-state index contributed by atoms with van der Waals surface area (Å²) in [7, 11) is 4.21. The Bertz CT molecular complexity index is 440. The number of piperidine rings is 1. The molecule has 0 atom stereocenters. The molecular weight excluding hydrogens is 256 g/mol. The Kier molecular flexibility index (Phi) is 4.88. The fourth-order valence-corrected chi connectivity index (χ4v) is 2.88. The molecule has 1 aliphatic rings. The zero-order valence-electron chi connectivity index (χ0n) is 11.7. The molecule has 0 unspecified atom stereocenters. The van der Waals surface area contributed by atoms with E-state index in [1.54, 1.807) is 0 Å². The Morgan fingerprint density at radius 1 is 1.37 bits per heavy atom. The Morgan fingerprint density at radius 2 is 2.05 bits per heavy atom. The summed E-state index contributed by atoms with van der Waals surface area (Å²) in [5.41, 5.74) is 0.749. The lowest BCUT2D eigenvalue weighted by atomic mass is 9.96. The van der Waals surface area contributed by atoms with Crippen LogP contribution < -0.4 is 0 Å². The molecule has 104 valence electrons. The Hall–Kier alpha value is -1.00. The monoisotopic (exact) mass is 278 g/mol. The molecule has 1 aromatic rings. The lowest BCUT2D eigenvalue weighted by Crippen LogP contribution is -2.40. The highest BCUT2D eigenvalue weighted by atomic mass is 32.1. The third-order valence-corrected chi connectivity index (χ3v) is 3.90. The number of carbonyl (C=O) groups excluding carboxylic acids is 1. The van der Waals surface area contributed by atoms with Crippen molar-refractivity contribution in [3.63, 3.8) is 0 Å². The van der Waals surface area contributed by atoms with E-state index in [0.717, 1.165) is 48.9 Å². The SMILES string of the molecule is CN(C)CC1CCN(C(=O)c2cccc(S)c2)CC1. The third-order valence-electron chi connectivity index (χ3n) is 3.62. The number of nitrogens with zero attached hydrogens (tertiary/aromatic N) is 2. The van der Waals surface area contributed by atoms with Crippen LogP contribution in [0.15, 0.2) is 29.2 Å². The zero-order valence-corrected chi connectivity index (χ0v) is 12.6. The number of amides is 1. The van der Waals surface area contributed by atoms with E-state index in [4.69, 9.17) is 0 Å². The molecule has 19 heavy (non-hydrogen) atoms. The van der Waals surface area contributed by atoms with Crippen LogP contribution in [-0.2, 0) is 0 Å². The van der Waals surface area contributed by atoms with Crippen molar-refractivity contribution in [2.75, 3.05) is 33.7 Å². The van der Waals surface area contributed by atoms with Crippen LogP contribution in [-0.4, -0.2) is 49.4 Å². The molecule has 0 radical (unpaired) electrons. The molecule has 0 N–H and O–H groups in total. The molecule has 0 bridgehead atoms. The largest absolute Gasteiger partial charge is 0.339 e. The van der Waals surface area contributed by atoms with Crippen molar-refractivity contribution in [3.05, 3.63) is 29.8 Å². The first-order valence-corrected chi connectivity index (χ1v) is 7.24. The molecule has 1 aromatic carbocycles. The average molecular weight is 278 g/mol. The molecule has 0 spiro atoms. The topological polar surface area (TPSA) is 23.6 Å². The van der Waals surface area contributed by atoms with Gasteiger partial charge in [0, 0.05) is 30.1 Å². The summed E-state index contributed by atoms with van der Waals surface area (Å²) >= 11 is 4.29. The minimum atomic E-state index is 0.138. The minimum absolute atomic E-state index is 0.138. The van der Waals surface area contributed by atoms with Gasteiger partial charge >= 0.3 is 0 Å². The summed E-state index contributed by atoms with van der Waals surface area (Å²) in [6, 6.07) is 7.49. The van der Waals surface area contributed by atoms with Gasteiger partial charge in [-0.25, -0.2) is 0 Å². The number of thiol groups is 1. The highest BCUT2D eigenvalue weighted by Crippen LogP contribution is 2.20. The summed E-state index contributed by atoms with van der Waals surface area (Å²) in [5.74, 6) is 0.856. The zero-order chi connectivity index (χ0) is 13.8. The maximum Gasteiger partial charge on any atom is 0.253 e. The van der Waals surface area contributed by atoms with Gasteiger partial charge in [0.2, 0.25) is 0 Å². The molecule has 1 saturated heterocycles. The molecule has 0 saturated carbocycles. The fourth-order valence-electron chi connectivity index (χ4n) is 2.66. The number of hydrogen-bond acceptors (Lipinski definition) is 3. The normalized spacial score (nSPS) is 16.9. The van der Waals surface area contributed by atoms with Gasteiger partial charge in [0.1, 0.15) is 0 Å². The standard InChI is InChI=1S/C15H22N2OS/c1-16(2)11-12-6-8-17(9-7-12)15(18)13-4-3-5-14(19)10-13/h3-5,10,12,19H,6-9,11H2,1-2H3. The van der Waals surface area contributed by atoms with E-state index in [2.05, 4.69) is 31.6 Å². The van der Waals surface area contributed by atoms with E-state index in [9.17, 15) is 4.79 Å². The molecule has 1 aliphatic heterocycles. The van der Waals surface area contributed by atoms with E-state index in [1.165, 1.54) is 0 Å². The van der Waals surface area contributed by atoms with Crippen LogP contribution in [0.5, 0.6) is 0 Å². The summed E-state index contributed by atoms with van der Waals surface area (Å²) in [6.07, 6.45) is 2.20. The van der Waals surface area contributed by atoms with Crippen molar-refractivity contribution < 1.29 is 4.79 Å². The van der Waals surface area contributed by atoms with Crippen LogP contribution in [0, 0.1) is 5.92 Å². The first kappa shape index (κ1) is 14.4. The number of rotatable bonds is 3. The number of carbonyl (C=O) groups is 1. The average Bonchev–Trinajstić information content (AvgIpc) is 2.38. The number of likely N-dealkylation sites (tertiary alicyclic amines) is 1. The molecule has 0 aliphatic carbocycles. The second-order valence-electron chi connectivity index (χ2n) is 5.55. The summed E-state index contributed by atoms with van der Waals surface area (Å²) < 4.78 is 0. The van der Waals surface area contributed by atoms with Gasteiger partial charge < -0.3 is 9.80 Å². The van der Waals surface area contributed by atoms with E-state index in [0.29, 0.717) is 0 Å². The quantitative estimate of drug-likeness (QED) is 0.858. The maximum atomic E-state index is 12.4. The molecule has 4 heteroatoms. The van der Waals surface area contributed by atoms with Gasteiger partial charge in [0.25, 0.3) is 5.91 Å². The van der Waals surface area contributed by atoms with Crippen molar-refractivity contribution in [2.45, 2.75) is 17.7 Å². The molecule has 1 heterocycles.